The number of carboxylic acids is 2. The van der Waals surface area contributed by atoms with Crippen molar-refractivity contribution >= 4 is 52.2 Å². The highest BCUT2D eigenvalue weighted by atomic mass is 32.2. The Hall–Kier alpha value is -2.59. The van der Waals surface area contributed by atoms with Gasteiger partial charge in [0.05, 0.1) is 11.5 Å². The minimum Gasteiger partial charge on any atom is -0.490 e. The van der Waals surface area contributed by atoms with Crippen LogP contribution in [-0.4, -0.2) is 57.0 Å². The molecule has 1 fully saturated rings. The van der Waals surface area contributed by atoms with Crippen LogP contribution in [0.15, 0.2) is 23.1 Å². The van der Waals surface area contributed by atoms with E-state index < -0.39 is 31.0 Å². The smallest absolute Gasteiger partial charge is 0.341 e. The fraction of sp³-hybridized carbons (Fsp3) is 0.250. The molecule has 2 rings (SSSR count). The van der Waals surface area contributed by atoms with E-state index in [-0.39, 0.29) is 15.0 Å². The van der Waals surface area contributed by atoms with Gasteiger partial charge in [0.2, 0.25) is 0 Å². The number of ether oxygens (including phenoxy) is 2. The van der Waals surface area contributed by atoms with Gasteiger partial charge >= 0.3 is 11.9 Å². The Morgan fingerprint density at radius 3 is 2.58 bits per heavy atom. The summed E-state index contributed by atoms with van der Waals surface area (Å²) < 4.78 is 10.8. The third kappa shape index (κ3) is 4.96. The van der Waals surface area contributed by atoms with E-state index >= 15 is 0 Å². The molecule has 0 unspecified atom stereocenters. The summed E-state index contributed by atoms with van der Waals surface area (Å²) in [7, 11) is 0. The second kappa shape index (κ2) is 8.68. The molecule has 1 aliphatic rings. The molecule has 1 amide bonds. The molecule has 1 aliphatic heterocycles. The van der Waals surface area contributed by atoms with Crippen LogP contribution in [0, 0.1) is 0 Å². The van der Waals surface area contributed by atoms with Gasteiger partial charge < -0.3 is 19.7 Å². The van der Waals surface area contributed by atoms with Crippen molar-refractivity contribution in [3.05, 3.63) is 28.7 Å². The lowest BCUT2D eigenvalue weighted by Gasteiger charge is -2.11. The normalized spacial score (nSPS) is 15.4. The van der Waals surface area contributed by atoms with Crippen LogP contribution < -0.4 is 9.47 Å². The highest BCUT2D eigenvalue weighted by Crippen LogP contribution is 2.34. The fourth-order valence-corrected chi connectivity index (χ4v) is 3.32. The molecule has 2 N–H and O–H groups in total. The molecule has 0 radical (unpaired) electrons. The average molecular weight is 397 g/mol. The Kier molecular flexibility index (Phi) is 6.58. The Labute approximate surface area is 158 Å². The predicted octanol–water partition coefficient (Wildman–Crippen LogP) is 1.83. The lowest BCUT2D eigenvalue weighted by molar-refractivity contribution is -0.140. The number of hydrogen-bond donors (Lipinski definition) is 2. The van der Waals surface area contributed by atoms with E-state index in [1.807, 2.05) is 0 Å². The van der Waals surface area contributed by atoms with Gasteiger partial charge in [0, 0.05) is 0 Å². The molecule has 10 heteroatoms. The molecule has 1 saturated heterocycles. The van der Waals surface area contributed by atoms with Crippen LogP contribution in [0.2, 0.25) is 0 Å². The van der Waals surface area contributed by atoms with Crippen molar-refractivity contribution in [2.24, 2.45) is 0 Å². The van der Waals surface area contributed by atoms with Crippen LogP contribution in [0.1, 0.15) is 12.5 Å². The van der Waals surface area contributed by atoms with Gasteiger partial charge in [-0.05, 0) is 30.7 Å². The summed E-state index contributed by atoms with van der Waals surface area (Å²) in [6.07, 6.45) is 1.56. The van der Waals surface area contributed by atoms with Gasteiger partial charge in [-0.25, -0.2) is 4.79 Å². The second-order valence-electron chi connectivity index (χ2n) is 4.98. The number of carbonyl (C=O) groups is 3. The topological polar surface area (TPSA) is 113 Å². The Morgan fingerprint density at radius 2 is 1.96 bits per heavy atom. The number of thioether (sulfide) groups is 1. The molecule has 138 valence electrons. The van der Waals surface area contributed by atoms with Gasteiger partial charge in [-0.3, -0.25) is 14.5 Å². The van der Waals surface area contributed by atoms with Gasteiger partial charge in [-0.15, -0.1) is 0 Å². The standard InChI is InChI=1S/C16H15NO7S2/c1-2-23-11-5-9(3-4-10(11)24-8-14(20)21)6-12-15(22)17(7-13(18)19)16(25)26-12/h3-6H,2,7-8H2,1H3,(H,18,19)(H,20,21)/b12-6-. The summed E-state index contributed by atoms with van der Waals surface area (Å²) in [5, 5.41) is 17.6. The zero-order valence-electron chi connectivity index (χ0n) is 13.6. The Morgan fingerprint density at radius 1 is 1.23 bits per heavy atom. The highest BCUT2D eigenvalue weighted by molar-refractivity contribution is 8.26. The van der Waals surface area contributed by atoms with Crippen molar-refractivity contribution in [2.75, 3.05) is 19.8 Å². The quantitative estimate of drug-likeness (QED) is 0.501. The Bertz CT molecular complexity index is 791. The monoisotopic (exact) mass is 397 g/mol. The molecule has 8 nitrogen and oxygen atoms in total. The molecule has 0 saturated carbocycles. The molecule has 0 bridgehead atoms. The van der Waals surface area contributed by atoms with Crippen LogP contribution in [0.4, 0.5) is 0 Å². The maximum Gasteiger partial charge on any atom is 0.341 e. The minimum atomic E-state index is -1.15. The molecule has 1 heterocycles. The molecule has 0 aromatic heterocycles. The predicted molar refractivity (Wildman–Crippen MR) is 98.3 cm³/mol. The van der Waals surface area contributed by atoms with Gasteiger partial charge in [-0.2, -0.15) is 0 Å². The number of aliphatic carboxylic acids is 2. The number of benzene rings is 1. The van der Waals surface area contributed by atoms with E-state index in [4.69, 9.17) is 31.9 Å². The van der Waals surface area contributed by atoms with E-state index in [1.54, 1.807) is 25.1 Å². The maximum atomic E-state index is 12.3. The second-order valence-corrected chi connectivity index (χ2v) is 6.66. The molecule has 1 aromatic rings. The number of hydrogen-bond acceptors (Lipinski definition) is 7. The summed E-state index contributed by atoms with van der Waals surface area (Å²) in [6.45, 7) is 1.11. The van der Waals surface area contributed by atoms with Crippen molar-refractivity contribution in [3.8, 4) is 11.5 Å². The molecule has 1 aromatic carbocycles. The number of carbonyl (C=O) groups excluding carboxylic acids is 1. The van der Waals surface area contributed by atoms with E-state index in [1.165, 1.54) is 6.07 Å². The third-order valence-corrected chi connectivity index (χ3v) is 4.46. The molecule has 26 heavy (non-hydrogen) atoms. The SMILES string of the molecule is CCOc1cc(/C=C2\SC(=S)N(CC(=O)O)C2=O)ccc1OCC(=O)O. The van der Waals surface area contributed by atoms with Crippen molar-refractivity contribution in [2.45, 2.75) is 6.92 Å². The third-order valence-electron chi connectivity index (χ3n) is 3.08. The molecular weight excluding hydrogens is 382 g/mol. The summed E-state index contributed by atoms with van der Waals surface area (Å²) in [6, 6.07) is 4.77. The van der Waals surface area contributed by atoms with E-state index in [0.29, 0.717) is 17.9 Å². The molecular formula is C16H15NO7S2. The van der Waals surface area contributed by atoms with Crippen molar-refractivity contribution in [1.82, 2.24) is 4.90 Å². The number of carboxylic acid groups (broad SMARTS) is 2. The van der Waals surface area contributed by atoms with Gasteiger partial charge in [0.15, 0.2) is 18.1 Å². The van der Waals surface area contributed by atoms with Gasteiger partial charge in [0.25, 0.3) is 5.91 Å². The highest BCUT2D eigenvalue weighted by Gasteiger charge is 2.33. The van der Waals surface area contributed by atoms with Crippen LogP contribution >= 0.6 is 24.0 Å². The number of rotatable bonds is 8. The minimum absolute atomic E-state index is 0.176. The first-order chi connectivity index (χ1) is 12.3. The van der Waals surface area contributed by atoms with E-state index in [9.17, 15) is 14.4 Å². The summed E-state index contributed by atoms with van der Waals surface area (Å²) in [5.74, 6) is -2.14. The zero-order chi connectivity index (χ0) is 19.3. The van der Waals surface area contributed by atoms with Crippen LogP contribution in [0.25, 0.3) is 6.08 Å². The molecule has 0 spiro atoms. The number of nitrogens with zero attached hydrogens (tertiary/aromatic N) is 1. The summed E-state index contributed by atoms with van der Waals surface area (Å²) >= 11 is 6.05. The summed E-state index contributed by atoms with van der Waals surface area (Å²) in [5.41, 5.74) is 0.604. The first kappa shape index (κ1) is 19.7. The molecule has 0 aliphatic carbocycles. The lowest BCUT2D eigenvalue weighted by atomic mass is 10.2. The van der Waals surface area contributed by atoms with Gasteiger partial charge in [-0.1, -0.05) is 30.0 Å². The summed E-state index contributed by atoms with van der Waals surface area (Å²) in [4.78, 5) is 35.0. The first-order valence-corrected chi connectivity index (χ1v) is 8.63. The van der Waals surface area contributed by atoms with Crippen molar-refractivity contribution < 1.29 is 34.1 Å². The van der Waals surface area contributed by atoms with Crippen LogP contribution in [-0.2, 0) is 14.4 Å². The largest absolute Gasteiger partial charge is 0.490 e. The average Bonchev–Trinajstić information content (AvgIpc) is 2.81. The number of thiocarbonyl (C=S) groups is 1. The first-order valence-electron chi connectivity index (χ1n) is 7.40. The van der Waals surface area contributed by atoms with Crippen molar-refractivity contribution in [3.63, 3.8) is 0 Å². The van der Waals surface area contributed by atoms with Crippen LogP contribution in [0.5, 0.6) is 11.5 Å². The number of amides is 1. The molecule has 0 atom stereocenters. The zero-order valence-corrected chi connectivity index (χ0v) is 15.3. The maximum absolute atomic E-state index is 12.3. The Balaban J connectivity index is 2.25. The fourth-order valence-electron chi connectivity index (χ4n) is 2.06. The van der Waals surface area contributed by atoms with Gasteiger partial charge in [0.1, 0.15) is 10.9 Å². The lowest BCUT2D eigenvalue weighted by Crippen LogP contribution is -2.33. The van der Waals surface area contributed by atoms with E-state index in [2.05, 4.69) is 0 Å². The van der Waals surface area contributed by atoms with Crippen molar-refractivity contribution in [1.29, 1.82) is 0 Å². The van der Waals surface area contributed by atoms with E-state index in [0.717, 1.165) is 16.7 Å². The van der Waals surface area contributed by atoms with Crippen LogP contribution in [0.3, 0.4) is 0 Å².